The van der Waals surface area contributed by atoms with E-state index in [9.17, 15) is 0 Å². The number of hydrogen-bond acceptors (Lipinski definition) is 3. The maximum Gasteiger partial charge on any atom is 0.0682 e. The normalized spacial score (nSPS) is 13.0. The summed E-state index contributed by atoms with van der Waals surface area (Å²) in [5.74, 6) is 0. The number of hydroxylamine groups is 1. The Morgan fingerprint density at radius 3 is 1.83 bits per heavy atom. The lowest BCUT2D eigenvalue weighted by molar-refractivity contribution is 0.0197. The van der Waals surface area contributed by atoms with Gasteiger partial charge in [0.15, 0.2) is 0 Å². The molecule has 144 valence electrons. The molecule has 1 atom stereocenters. The Hall–Kier alpha value is -0.380. The Balaban J connectivity index is 3.08. The van der Waals surface area contributed by atoms with Gasteiger partial charge < -0.3 is 10.6 Å². The molecule has 0 saturated carbocycles. The fraction of sp³-hybridized carbons (Fsp3) is 0.905. The molecular weight excluding hydrogens is 296 g/mol. The van der Waals surface area contributed by atoms with Crippen LogP contribution in [-0.2, 0) is 4.84 Å². The number of hydrogen-bond donors (Lipinski definition) is 2. The zero-order valence-electron chi connectivity index (χ0n) is 16.5. The summed E-state index contributed by atoms with van der Waals surface area (Å²) < 4.78 is 0. The standard InChI is InChI=1S/C21H44N2O/c1-3-4-5-6-7-8-9-10-11-12-13-14-15-16-17-18-19-24-23-21(2)20-22/h10-11,21,23H,3-9,12-20,22H2,1-2H3. The highest BCUT2D eigenvalue weighted by Crippen LogP contribution is 2.09. The van der Waals surface area contributed by atoms with Crippen molar-refractivity contribution >= 4 is 0 Å². The number of allylic oxidation sites excluding steroid dienone is 2. The van der Waals surface area contributed by atoms with Gasteiger partial charge in [0.05, 0.1) is 6.61 Å². The van der Waals surface area contributed by atoms with Crippen LogP contribution in [-0.4, -0.2) is 19.2 Å². The summed E-state index contributed by atoms with van der Waals surface area (Å²) in [4.78, 5) is 5.37. The van der Waals surface area contributed by atoms with E-state index in [0.29, 0.717) is 6.54 Å². The molecule has 1 unspecified atom stereocenters. The summed E-state index contributed by atoms with van der Waals surface area (Å²) in [6.07, 6.45) is 23.5. The van der Waals surface area contributed by atoms with Gasteiger partial charge in [0.1, 0.15) is 0 Å². The molecule has 0 fully saturated rings. The largest absolute Gasteiger partial charge is 0.329 e. The van der Waals surface area contributed by atoms with Gasteiger partial charge in [0, 0.05) is 12.6 Å². The average molecular weight is 341 g/mol. The molecule has 0 bridgehead atoms. The van der Waals surface area contributed by atoms with Crippen LogP contribution >= 0.6 is 0 Å². The third kappa shape index (κ3) is 19.7. The van der Waals surface area contributed by atoms with Crippen molar-refractivity contribution in [1.82, 2.24) is 5.48 Å². The van der Waals surface area contributed by atoms with E-state index >= 15 is 0 Å². The van der Waals surface area contributed by atoms with E-state index in [-0.39, 0.29) is 6.04 Å². The maximum atomic E-state index is 5.50. The number of nitrogens with two attached hydrogens (primary N) is 1. The van der Waals surface area contributed by atoms with Crippen molar-refractivity contribution in [2.75, 3.05) is 13.2 Å². The van der Waals surface area contributed by atoms with Gasteiger partial charge in [-0.2, -0.15) is 5.48 Å². The topological polar surface area (TPSA) is 47.3 Å². The third-order valence-electron chi connectivity index (χ3n) is 4.40. The van der Waals surface area contributed by atoms with Crippen LogP contribution in [0, 0.1) is 0 Å². The second-order valence-corrected chi connectivity index (χ2v) is 7.04. The first kappa shape index (κ1) is 23.6. The molecule has 0 aromatic rings. The molecule has 0 aromatic heterocycles. The lowest BCUT2D eigenvalue weighted by Gasteiger charge is -2.10. The lowest BCUT2D eigenvalue weighted by atomic mass is 10.1. The molecule has 3 heteroatoms. The fourth-order valence-corrected chi connectivity index (χ4v) is 2.67. The smallest absolute Gasteiger partial charge is 0.0682 e. The minimum Gasteiger partial charge on any atom is -0.329 e. The van der Waals surface area contributed by atoms with Crippen LogP contribution in [0.2, 0.25) is 0 Å². The lowest BCUT2D eigenvalue weighted by Crippen LogP contribution is -2.33. The van der Waals surface area contributed by atoms with Crippen LogP contribution in [0.25, 0.3) is 0 Å². The highest BCUT2D eigenvalue weighted by molar-refractivity contribution is 4.81. The minimum atomic E-state index is 0.249. The molecule has 3 N–H and O–H groups in total. The first-order valence-corrected chi connectivity index (χ1v) is 10.5. The van der Waals surface area contributed by atoms with Crippen molar-refractivity contribution in [1.29, 1.82) is 0 Å². The van der Waals surface area contributed by atoms with E-state index in [1.807, 2.05) is 6.92 Å². The molecule has 0 aliphatic carbocycles. The molecule has 0 aromatic carbocycles. The zero-order chi connectivity index (χ0) is 17.7. The van der Waals surface area contributed by atoms with Crippen LogP contribution in [0.15, 0.2) is 12.2 Å². The molecule has 0 heterocycles. The average Bonchev–Trinajstić information content (AvgIpc) is 2.60. The second kappa shape index (κ2) is 20.7. The van der Waals surface area contributed by atoms with Crippen LogP contribution in [0.1, 0.15) is 104 Å². The van der Waals surface area contributed by atoms with Gasteiger partial charge in [0.2, 0.25) is 0 Å². The van der Waals surface area contributed by atoms with Gasteiger partial charge in [-0.05, 0) is 39.0 Å². The highest BCUT2D eigenvalue weighted by atomic mass is 16.6. The predicted octanol–water partition coefficient (Wildman–Crippen LogP) is 5.89. The Morgan fingerprint density at radius 1 is 0.792 bits per heavy atom. The predicted molar refractivity (Wildman–Crippen MR) is 107 cm³/mol. The maximum absolute atomic E-state index is 5.50. The summed E-state index contributed by atoms with van der Waals surface area (Å²) in [5, 5.41) is 0. The zero-order valence-corrected chi connectivity index (χ0v) is 16.5. The van der Waals surface area contributed by atoms with Gasteiger partial charge in [-0.1, -0.05) is 76.9 Å². The Morgan fingerprint density at radius 2 is 1.29 bits per heavy atom. The second-order valence-electron chi connectivity index (χ2n) is 7.04. The van der Waals surface area contributed by atoms with Crippen LogP contribution in [0.3, 0.4) is 0 Å². The van der Waals surface area contributed by atoms with Gasteiger partial charge in [-0.3, -0.25) is 0 Å². The van der Waals surface area contributed by atoms with Crippen LogP contribution in [0.4, 0.5) is 0 Å². The quantitative estimate of drug-likeness (QED) is 0.175. The fourth-order valence-electron chi connectivity index (χ4n) is 2.67. The Labute approximate surface area is 151 Å². The summed E-state index contributed by atoms with van der Waals surface area (Å²) in [5.41, 5.74) is 8.45. The monoisotopic (exact) mass is 340 g/mol. The molecular formula is C21H44N2O. The molecule has 0 amide bonds. The van der Waals surface area contributed by atoms with Crippen molar-refractivity contribution < 1.29 is 4.84 Å². The molecule has 0 spiro atoms. The molecule has 0 radical (unpaired) electrons. The number of nitrogens with one attached hydrogen (secondary N) is 1. The summed E-state index contributed by atoms with van der Waals surface area (Å²) >= 11 is 0. The number of unbranched alkanes of at least 4 members (excludes halogenated alkanes) is 12. The van der Waals surface area contributed by atoms with Gasteiger partial charge in [-0.25, -0.2) is 0 Å². The van der Waals surface area contributed by atoms with Gasteiger partial charge >= 0.3 is 0 Å². The molecule has 0 rings (SSSR count). The van der Waals surface area contributed by atoms with Gasteiger partial charge in [0.25, 0.3) is 0 Å². The molecule has 0 saturated heterocycles. The molecule has 0 aliphatic rings. The van der Waals surface area contributed by atoms with Gasteiger partial charge in [-0.15, -0.1) is 0 Å². The van der Waals surface area contributed by atoms with Crippen molar-refractivity contribution in [3.05, 3.63) is 12.2 Å². The van der Waals surface area contributed by atoms with E-state index in [1.54, 1.807) is 0 Å². The molecule has 3 nitrogen and oxygen atoms in total. The summed E-state index contributed by atoms with van der Waals surface area (Å²) in [6, 6.07) is 0.249. The van der Waals surface area contributed by atoms with Crippen LogP contribution < -0.4 is 11.2 Å². The Bertz CT molecular complexity index is 256. The SMILES string of the molecule is CCCCCCCCC=CCCCCCCCCONC(C)CN. The van der Waals surface area contributed by atoms with E-state index in [4.69, 9.17) is 10.6 Å². The summed E-state index contributed by atoms with van der Waals surface area (Å²) in [6.45, 7) is 5.72. The Kier molecular flexibility index (Phi) is 20.3. The van der Waals surface area contributed by atoms with E-state index in [1.165, 1.54) is 83.5 Å². The molecule has 24 heavy (non-hydrogen) atoms. The number of rotatable bonds is 19. The van der Waals surface area contributed by atoms with E-state index in [2.05, 4.69) is 24.6 Å². The van der Waals surface area contributed by atoms with E-state index in [0.717, 1.165) is 13.0 Å². The minimum absolute atomic E-state index is 0.249. The van der Waals surface area contributed by atoms with Crippen molar-refractivity contribution in [2.45, 2.75) is 110 Å². The van der Waals surface area contributed by atoms with Crippen molar-refractivity contribution in [3.8, 4) is 0 Å². The third-order valence-corrected chi connectivity index (χ3v) is 4.40. The van der Waals surface area contributed by atoms with E-state index < -0.39 is 0 Å². The molecule has 0 aliphatic heterocycles. The first-order chi connectivity index (χ1) is 11.8. The summed E-state index contributed by atoms with van der Waals surface area (Å²) in [7, 11) is 0. The van der Waals surface area contributed by atoms with Crippen LogP contribution in [0.5, 0.6) is 0 Å². The first-order valence-electron chi connectivity index (χ1n) is 10.5. The van der Waals surface area contributed by atoms with Crippen molar-refractivity contribution in [3.63, 3.8) is 0 Å². The highest BCUT2D eigenvalue weighted by Gasteiger charge is 1.96. The van der Waals surface area contributed by atoms with Crippen molar-refractivity contribution in [2.24, 2.45) is 5.73 Å².